The molecule has 4 heterocycles. The van der Waals surface area contributed by atoms with Gasteiger partial charge in [-0.2, -0.15) is 0 Å². The zero-order valence-electron chi connectivity index (χ0n) is 27.2. The van der Waals surface area contributed by atoms with Crippen LogP contribution < -0.4 is 14.8 Å². The lowest BCUT2D eigenvalue weighted by Crippen LogP contribution is -2.41. The first-order valence-corrected chi connectivity index (χ1v) is 16.8. The minimum absolute atomic E-state index is 0.0369. The van der Waals surface area contributed by atoms with Crippen molar-refractivity contribution < 1.29 is 29.3 Å². The van der Waals surface area contributed by atoms with Crippen LogP contribution in [0.1, 0.15) is 30.9 Å². The number of carboxylic acid groups (broad SMARTS) is 1. The fourth-order valence-electron chi connectivity index (χ4n) is 6.30. The summed E-state index contributed by atoms with van der Waals surface area (Å²) in [5.41, 5.74) is 5.54. The Bertz CT molecular complexity index is 1870. The number of nitrogens with one attached hydrogen (secondary N) is 1. The van der Waals surface area contributed by atoms with Crippen LogP contribution in [0.3, 0.4) is 0 Å². The lowest BCUT2D eigenvalue weighted by Gasteiger charge is -2.23. The molecule has 49 heavy (non-hydrogen) atoms. The predicted molar refractivity (Wildman–Crippen MR) is 187 cm³/mol. The van der Waals surface area contributed by atoms with E-state index in [-0.39, 0.29) is 30.9 Å². The number of aromatic nitrogens is 2. The van der Waals surface area contributed by atoms with Gasteiger partial charge in [-0.3, -0.25) is 14.7 Å². The predicted octanol–water partition coefficient (Wildman–Crippen LogP) is 6.13. The molecule has 2 aliphatic heterocycles. The first-order chi connectivity index (χ1) is 23.6. The highest BCUT2D eigenvalue weighted by molar-refractivity contribution is 6.39. The Morgan fingerprint density at radius 1 is 1.14 bits per heavy atom. The molecule has 0 bridgehead atoms. The minimum Gasteiger partial charge on any atom is -0.492 e. The van der Waals surface area contributed by atoms with E-state index in [4.69, 9.17) is 37.7 Å². The van der Waals surface area contributed by atoms with Crippen LogP contribution in [0.15, 0.2) is 60.8 Å². The maximum Gasteiger partial charge on any atom is 0.407 e. The monoisotopic (exact) mass is 705 g/mol. The van der Waals surface area contributed by atoms with Crippen LogP contribution in [0.2, 0.25) is 10.0 Å². The minimum atomic E-state index is -1.10. The van der Waals surface area contributed by atoms with Crippen LogP contribution in [-0.4, -0.2) is 87.5 Å². The second kappa shape index (κ2) is 15.0. The number of ether oxygens (including phenoxy) is 2. The SMILES string of the molecule is COc1nc(-c2cccc(-c3ccnc(-c4ccc5c(c4)OCCN(C[C@H](C)O)C5)c3Cl)c2Cl)ccc1CN(C[C@@H]1CCC(=O)N1)C(=O)O. The van der Waals surface area contributed by atoms with Crippen LogP contribution in [0.25, 0.3) is 33.6 Å². The van der Waals surface area contributed by atoms with Gasteiger partial charge in [0, 0.05) is 78.2 Å². The average molecular weight is 707 g/mol. The summed E-state index contributed by atoms with van der Waals surface area (Å²) in [6.45, 7) is 4.43. The number of benzene rings is 2. The van der Waals surface area contributed by atoms with Gasteiger partial charge in [-0.25, -0.2) is 9.78 Å². The quantitative estimate of drug-likeness (QED) is 0.178. The summed E-state index contributed by atoms with van der Waals surface area (Å²) in [5.74, 6) is 0.950. The number of carbonyl (C=O) groups excluding carboxylic acids is 1. The Labute approximate surface area is 294 Å². The fourth-order valence-corrected chi connectivity index (χ4v) is 6.95. The summed E-state index contributed by atoms with van der Waals surface area (Å²) in [4.78, 5) is 36.4. The van der Waals surface area contributed by atoms with Crippen LogP contribution in [0.5, 0.6) is 11.6 Å². The topological polar surface area (TPSA) is 137 Å². The molecule has 0 saturated carbocycles. The van der Waals surface area contributed by atoms with Crippen molar-refractivity contribution in [1.29, 1.82) is 0 Å². The number of fused-ring (bicyclic) bond motifs is 1. The van der Waals surface area contributed by atoms with Gasteiger partial charge in [-0.15, -0.1) is 0 Å². The Morgan fingerprint density at radius 2 is 1.94 bits per heavy atom. The molecule has 256 valence electrons. The summed E-state index contributed by atoms with van der Waals surface area (Å²) in [5, 5.41) is 23.4. The van der Waals surface area contributed by atoms with Gasteiger partial charge >= 0.3 is 6.09 Å². The lowest BCUT2D eigenvalue weighted by molar-refractivity contribution is -0.119. The van der Waals surface area contributed by atoms with Crippen LogP contribution >= 0.6 is 23.2 Å². The third-order valence-electron chi connectivity index (χ3n) is 8.67. The molecule has 0 radical (unpaired) electrons. The van der Waals surface area contributed by atoms with E-state index in [9.17, 15) is 19.8 Å². The maximum absolute atomic E-state index is 12.0. The van der Waals surface area contributed by atoms with E-state index in [0.717, 1.165) is 16.9 Å². The molecule has 3 N–H and O–H groups in total. The highest BCUT2D eigenvalue weighted by atomic mass is 35.5. The number of pyridine rings is 2. The second-order valence-electron chi connectivity index (χ2n) is 12.3. The first kappa shape index (κ1) is 34.4. The summed E-state index contributed by atoms with van der Waals surface area (Å²) in [6.07, 6.45) is 1.13. The lowest BCUT2D eigenvalue weighted by atomic mass is 9.99. The van der Waals surface area contributed by atoms with E-state index < -0.39 is 12.2 Å². The number of methoxy groups -OCH3 is 1. The van der Waals surface area contributed by atoms with Crippen molar-refractivity contribution in [3.63, 3.8) is 0 Å². The van der Waals surface area contributed by atoms with Crippen molar-refractivity contribution in [2.24, 2.45) is 0 Å². The Morgan fingerprint density at radius 3 is 2.67 bits per heavy atom. The van der Waals surface area contributed by atoms with Crippen LogP contribution in [-0.2, 0) is 17.9 Å². The number of carbonyl (C=O) groups is 2. The van der Waals surface area contributed by atoms with E-state index in [0.29, 0.717) is 82.8 Å². The molecule has 11 nitrogen and oxygen atoms in total. The molecule has 2 atom stereocenters. The zero-order valence-corrected chi connectivity index (χ0v) is 28.7. The molecule has 0 unspecified atom stereocenters. The number of β-amino-alcohol motifs (C(OH)–C–C–N with tert-alkyl or cyclic N) is 1. The second-order valence-corrected chi connectivity index (χ2v) is 13.0. The van der Waals surface area contributed by atoms with Gasteiger partial charge in [0.2, 0.25) is 11.8 Å². The smallest absolute Gasteiger partial charge is 0.407 e. The van der Waals surface area contributed by atoms with Gasteiger partial charge in [0.05, 0.1) is 41.2 Å². The average Bonchev–Trinajstić information content (AvgIpc) is 3.38. The number of hydrogen-bond donors (Lipinski definition) is 3. The summed E-state index contributed by atoms with van der Waals surface area (Å²) >= 11 is 14.1. The molecule has 2 aliphatic rings. The van der Waals surface area contributed by atoms with Crippen molar-refractivity contribution in [3.8, 4) is 45.3 Å². The third kappa shape index (κ3) is 7.75. The molecule has 2 aromatic carbocycles. The van der Waals surface area contributed by atoms with Gasteiger partial charge in [-0.1, -0.05) is 53.5 Å². The summed E-state index contributed by atoms with van der Waals surface area (Å²) in [7, 11) is 1.48. The molecule has 2 aromatic heterocycles. The van der Waals surface area contributed by atoms with E-state index >= 15 is 0 Å². The Hall–Kier alpha value is -4.42. The number of aliphatic hydroxyl groups is 1. The molecule has 0 spiro atoms. The largest absolute Gasteiger partial charge is 0.492 e. The number of aliphatic hydroxyl groups excluding tert-OH is 1. The molecule has 1 fully saturated rings. The van der Waals surface area contributed by atoms with E-state index in [1.165, 1.54) is 12.0 Å². The van der Waals surface area contributed by atoms with Crippen molar-refractivity contribution in [2.75, 3.05) is 33.4 Å². The zero-order chi connectivity index (χ0) is 34.7. The molecular formula is C36H37Cl2N5O6. The van der Waals surface area contributed by atoms with Crippen molar-refractivity contribution in [1.82, 2.24) is 25.1 Å². The van der Waals surface area contributed by atoms with Crippen molar-refractivity contribution in [2.45, 2.75) is 45.0 Å². The number of halogens is 2. The fraction of sp³-hybridized carbons (Fsp3) is 0.333. The molecule has 2 amide bonds. The number of amides is 2. The van der Waals surface area contributed by atoms with Gasteiger partial charge in [0.15, 0.2) is 0 Å². The highest BCUT2D eigenvalue weighted by Crippen LogP contribution is 2.42. The molecular weight excluding hydrogens is 669 g/mol. The van der Waals surface area contributed by atoms with Gasteiger partial charge in [0.25, 0.3) is 0 Å². The highest BCUT2D eigenvalue weighted by Gasteiger charge is 2.27. The Balaban J connectivity index is 1.27. The van der Waals surface area contributed by atoms with E-state index in [1.807, 2.05) is 42.5 Å². The normalized spacial score (nSPS) is 16.7. The van der Waals surface area contributed by atoms with Gasteiger partial charge in [-0.05, 0) is 37.6 Å². The van der Waals surface area contributed by atoms with E-state index in [2.05, 4.69) is 15.2 Å². The first-order valence-electron chi connectivity index (χ1n) is 16.0. The Kier molecular flexibility index (Phi) is 10.5. The molecule has 1 saturated heterocycles. The summed E-state index contributed by atoms with van der Waals surface area (Å²) in [6, 6.07) is 16.6. The van der Waals surface area contributed by atoms with Crippen LogP contribution in [0.4, 0.5) is 4.79 Å². The third-order valence-corrected chi connectivity index (χ3v) is 9.46. The number of hydrogen-bond acceptors (Lipinski definition) is 8. The molecule has 13 heteroatoms. The standard InChI is InChI=1S/C36H37Cl2N5O6/c1-21(44)17-42-14-15-49-30-16-22(6-7-23(30)18-42)34-33(38)27(12-13-39-34)26-4-3-5-28(32(26)37)29-10-8-24(35(41-29)48-2)19-43(36(46)47)20-25-9-11-31(45)40-25/h3-8,10,12-13,16,21,25,44H,9,11,14-15,17-20H2,1-2H3,(H,40,45)(H,46,47)/t21-,25-/m0/s1. The molecule has 4 aromatic rings. The van der Waals surface area contributed by atoms with Crippen LogP contribution in [0, 0.1) is 0 Å². The molecule has 0 aliphatic carbocycles. The van der Waals surface area contributed by atoms with E-state index in [1.54, 1.807) is 25.3 Å². The number of rotatable bonds is 10. The summed E-state index contributed by atoms with van der Waals surface area (Å²) < 4.78 is 11.7. The van der Waals surface area contributed by atoms with Gasteiger partial charge in [0.1, 0.15) is 12.4 Å². The van der Waals surface area contributed by atoms with Crippen molar-refractivity contribution >= 4 is 35.2 Å². The van der Waals surface area contributed by atoms with Gasteiger partial charge < -0.3 is 29.9 Å². The maximum atomic E-state index is 12.0. The van der Waals surface area contributed by atoms with Crippen molar-refractivity contribution in [3.05, 3.63) is 82.0 Å². The number of nitrogens with zero attached hydrogens (tertiary/aromatic N) is 4. The molecule has 6 rings (SSSR count).